The van der Waals surface area contributed by atoms with Crippen LogP contribution >= 0.6 is 11.6 Å². The van der Waals surface area contributed by atoms with Gasteiger partial charge in [-0.25, -0.2) is 0 Å². The molecule has 0 bridgehead atoms. The summed E-state index contributed by atoms with van der Waals surface area (Å²) in [5, 5.41) is 3.61. The van der Waals surface area contributed by atoms with E-state index in [0.717, 1.165) is 5.56 Å². The van der Waals surface area contributed by atoms with Gasteiger partial charge >= 0.3 is 0 Å². The fraction of sp³-hybridized carbons (Fsp3) is 0.250. The van der Waals surface area contributed by atoms with Crippen LogP contribution in [0.5, 0.6) is 0 Å². The van der Waals surface area contributed by atoms with Crippen molar-refractivity contribution in [1.82, 2.24) is 5.16 Å². The van der Waals surface area contributed by atoms with Gasteiger partial charge in [-0.05, 0) is 18.5 Å². The van der Waals surface area contributed by atoms with Gasteiger partial charge in [0.2, 0.25) is 5.22 Å². The van der Waals surface area contributed by atoms with Crippen LogP contribution in [0.2, 0.25) is 5.22 Å². The number of aryl methyl sites for hydroxylation is 1. The summed E-state index contributed by atoms with van der Waals surface area (Å²) in [6.45, 7) is 1.78. The second-order valence-corrected chi connectivity index (χ2v) is 1.54. The molecular formula is C4H3ClNO. The molecule has 0 aliphatic carbocycles. The van der Waals surface area contributed by atoms with Crippen molar-refractivity contribution in [2.24, 2.45) is 0 Å². The van der Waals surface area contributed by atoms with Crippen LogP contribution in [0.15, 0.2) is 4.52 Å². The monoisotopic (exact) mass is 116 g/mol. The maximum atomic E-state index is 5.36. The van der Waals surface area contributed by atoms with Crippen molar-refractivity contribution >= 4 is 11.6 Å². The Hall–Kier alpha value is -0.500. The predicted molar refractivity (Wildman–Crippen MR) is 25.1 cm³/mol. The average Bonchev–Trinajstić information content (AvgIpc) is 1.91. The fourth-order valence-corrected chi connectivity index (χ4v) is 0.321. The first-order valence-electron chi connectivity index (χ1n) is 1.80. The standard InChI is InChI=1S/C4H3ClNO/c1-3-2-6-7-4(3)5/h1H3. The summed E-state index contributed by atoms with van der Waals surface area (Å²) in [7, 11) is 0. The zero-order valence-electron chi connectivity index (χ0n) is 3.73. The van der Waals surface area contributed by atoms with E-state index in [4.69, 9.17) is 11.6 Å². The lowest BCUT2D eigenvalue weighted by molar-refractivity contribution is 0.419. The fourth-order valence-electron chi connectivity index (χ4n) is 0.244. The van der Waals surface area contributed by atoms with Gasteiger partial charge in [0.15, 0.2) is 0 Å². The highest BCUT2D eigenvalue weighted by atomic mass is 35.5. The summed E-state index contributed by atoms with van der Waals surface area (Å²) in [4.78, 5) is 0. The topological polar surface area (TPSA) is 26.0 Å². The van der Waals surface area contributed by atoms with Gasteiger partial charge in [0.1, 0.15) is 6.20 Å². The number of nitrogens with zero attached hydrogens (tertiary/aromatic N) is 1. The predicted octanol–water partition coefficient (Wildman–Crippen LogP) is 1.44. The third kappa shape index (κ3) is 0.747. The average molecular weight is 117 g/mol. The van der Waals surface area contributed by atoms with Crippen LogP contribution in [-0.2, 0) is 0 Å². The lowest BCUT2D eigenvalue weighted by Gasteiger charge is -1.71. The van der Waals surface area contributed by atoms with Crippen LogP contribution in [0.25, 0.3) is 0 Å². The Morgan fingerprint density at radius 3 is 2.71 bits per heavy atom. The van der Waals surface area contributed by atoms with E-state index in [1.165, 1.54) is 0 Å². The third-order valence-electron chi connectivity index (χ3n) is 0.634. The molecule has 1 radical (unpaired) electrons. The molecule has 0 saturated carbocycles. The number of aromatic nitrogens is 1. The van der Waals surface area contributed by atoms with Crippen molar-refractivity contribution < 1.29 is 4.52 Å². The van der Waals surface area contributed by atoms with Crippen LogP contribution in [0, 0.1) is 13.1 Å². The van der Waals surface area contributed by atoms with Crippen molar-refractivity contribution in [3.8, 4) is 0 Å². The molecule has 3 heteroatoms. The first-order chi connectivity index (χ1) is 3.30. The lowest BCUT2D eigenvalue weighted by Crippen LogP contribution is -1.57. The molecule has 0 fully saturated rings. The van der Waals surface area contributed by atoms with Gasteiger partial charge in [-0.3, -0.25) is 0 Å². The lowest BCUT2D eigenvalue weighted by atomic mass is 10.4. The van der Waals surface area contributed by atoms with Gasteiger partial charge in [-0.2, -0.15) is 0 Å². The molecule has 0 aliphatic heterocycles. The summed E-state index contributed by atoms with van der Waals surface area (Å²) < 4.78 is 4.42. The molecule has 0 unspecified atom stereocenters. The normalized spacial score (nSPS) is 9.43. The number of rotatable bonds is 0. The molecule has 2 nitrogen and oxygen atoms in total. The Bertz CT molecular complexity index is 144. The van der Waals surface area contributed by atoms with E-state index >= 15 is 0 Å². The molecule has 0 spiro atoms. The van der Waals surface area contributed by atoms with Gasteiger partial charge < -0.3 is 4.52 Å². The number of hydrogen-bond acceptors (Lipinski definition) is 2. The molecule has 0 aromatic carbocycles. The molecule has 1 aromatic rings. The van der Waals surface area contributed by atoms with E-state index in [9.17, 15) is 0 Å². The summed E-state index contributed by atoms with van der Waals surface area (Å²) in [5.41, 5.74) is 0.752. The summed E-state index contributed by atoms with van der Waals surface area (Å²) >= 11 is 5.36. The van der Waals surface area contributed by atoms with Gasteiger partial charge in [-0.1, -0.05) is 5.16 Å². The second kappa shape index (κ2) is 1.54. The highest BCUT2D eigenvalue weighted by Gasteiger charge is 1.95. The molecule has 0 atom stereocenters. The van der Waals surface area contributed by atoms with Crippen LogP contribution in [0.1, 0.15) is 5.56 Å². The van der Waals surface area contributed by atoms with Crippen LogP contribution in [0.4, 0.5) is 0 Å². The first kappa shape index (κ1) is 4.65. The molecule has 0 aliphatic rings. The van der Waals surface area contributed by atoms with E-state index in [2.05, 4.69) is 15.9 Å². The molecule has 1 aromatic heterocycles. The highest BCUT2D eigenvalue weighted by Crippen LogP contribution is 2.10. The van der Waals surface area contributed by atoms with E-state index in [0.29, 0.717) is 5.22 Å². The zero-order valence-corrected chi connectivity index (χ0v) is 4.49. The Morgan fingerprint density at radius 1 is 1.86 bits per heavy atom. The molecule has 1 heterocycles. The van der Waals surface area contributed by atoms with Crippen LogP contribution < -0.4 is 0 Å². The Morgan fingerprint density at radius 2 is 2.57 bits per heavy atom. The van der Waals surface area contributed by atoms with E-state index in [-0.39, 0.29) is 0 Å². The van der Waals surface area contributed by atoms with Gasteiger partial charge in [0.25, 0.3) is 0 Å². The van der Waals surface area contributed by atoms with E-state index in [1.807, 2.05) is 0 Å². The maximum Gasteiger partial charge on any atom is 0.229 e. The van der Waals surface area contributed by atoms with Gasteiger partial charge in [0, 0.05) is 5.56 Å². The summed E-state index contributed by atoms with van der Waals surface area (Å²) in [5.74, 6) is 0. The molecule has 0 saturated heterocycles. The zero-order chi connectivity index (χ0) is 5.28. The Balaban J connectivity index is 3.12. The van der Waals surface area contributed by atoms with Crippen molar-refractivity contribution in [1.29, 1.82) is 0 Å². The van der Waals surface area contributed by atoms with Crippen LogP contribution in [-0.4, -0.2) is 5.16 Å². The molecule has 37 valence electrons. The van der Waals surface area contributed by atoms with Gasteiger partial charge in [0.05, 0.1) is 0 Å². The number of hydrogen-bond donors (Lipinski definition) is 0. The summed E-state index contributed by atoms with van der Waals surface area (Å²) in [6.07, 6.45) is 2.52. The SMILES string of the molecule is Cc1[c]noc1Cl. The molecule has 1 rings (SSSR count). The third-order valence-corrected chi connectivity index (χ3v) is 0.986. The second-order valence-electron chi connectivity index (χ2n) is 1.19. The Labute approximate surface area is 46.1 Å². The van der Waals surface area contributed by atoms with Gasteiger partial charge in [-0.15, -0.1) is 0 Å². The molecule has 0 amide bonds. The van der Waals surface area contributed by atoms with Crippen molar-refractivity contribution in [2.45, 2.75) is 6.92 Å². The minimum absolute atomic E-state index is 0.319. The molecule has 7 heavy (non-hydrogen) atoms. The summed E-state index contributed by atoms with van der Waals surface area (Å²) in [6, 6.07) is 0. The minimum Gasteiger partial charge on any atom is -0.343 e. The van der Waals surface area contributed by atoms with Crippen molar-refractivity contribution in [3.05, 3.63) is 17.0 Å². The number of halogens is 1. The largest absolute Gasteiger partial charge is 0.343 e. The molecular weight excluding hydrogens is 114 g/mol. The van der Waals surface area contributed by atoms with E-state index < -0.39 is 0 Å². The smallest absolute Gasteiger partial charge is 0.229 e. The minimum atomic E-state index is 0.319. The Kier molecular flexibility index (Phi) is 1.02. The maximum absolute atomic E-state index is 5.36. The quantitative estimate of drug-likeness (QED) is 0.513. The highest BCUT2D eigenvalue weighted by molar-refractivity contribution is 6.29. The first-order valence-corrected chi connectivity index (χ1v) is 2.18. The van der Waals surface area contributed by atoms with E-state index in [1.54, 1.807) is 6.92 Å². The van der Waals surface area contributed by atoms with Crippen molar-refractivity contribution in [3.63, 3.8) is 0 Å². The molecule has 0 N–H and O–H groups in total. The van der Waals surface area contributed by atoms with Crippen molar-refractivity contribution in [2.75, 3.05) is 0 Å². The van der Waals surface area contributed by atoms with Crippen LogP contribution in [0.3, 0.4) is 0 Å².